The van der Waals surface area contributed by atoms with Gasteiger partial charge in [-0.25, -0.2) is 4.98 Å². The van der Waals surface area contributed by atoms with Crippen molar-refractivity contribution in [2.24, 2.45) is 0 Å². The third-order valence-electron chi connectivity index (χ3n) is 7.32. The summed E-state index contributed by atoms with van der Waals surface area (Å²) in [6.45, 7) is 17.6. The van der Waals surface area contributed by atoms with E-state index in [4.69, 9.17) is 19.4 Å². The minimum Gasteiger partial charge on any atom is -0.491 e. The molecule has 0 atom stereocenters. The van der Waals surface area contributed by atoms with Crippen molar-refractivity contribution >= 4 is 5.69 Å². The number of rotatable bonds is 13. The number of hydrogen-bond donors (Lipinski definition) is 0. The van der Waals surface area contributed by atoms with E-state index in [1.165, 1.54) is 37.7 Å². The Morgan fingerprint density at radius 1 is 0.917 bits per heavy atom. The second-order valence-electron chi connectivity index (χ2n) is 10.2. The van der Waals surface area contributed by atoms with Crippen LogP contribution in [0.1, 0.15) is 82.5 Å². The van der Waals surface area contributed by atoms with Gasteiger partial charge in [-0.2, -0.15) is 4.98 Å². The van der Waals surface area contributed by atoms with Crippen molar-refractivity contribution in [1.29, 1.82) is 0 Å². The Balaban J connectivity index is 1.89. The SMILES string of the molecule is CCCN(CCC)c1c(C)nc(-c2c(C)cc(C)cc2OCCN(CC)C2CCCCC2)nc1OC. The van der Waals surface area contributed by atoms with E-state index in [1.807, 2.05) is 0 Å². The molecule has 3 rings (SSSR count). The third kappa shape index (κ3) is 6.90. The molecule has 0 saturated heterocycles. The Hall–Kier alpha value is -2.34. The molecule has 6 heteroatoms. The molecule has 1 aromatic heterocycles. The topological polar surface area (TPSA) is 50.7 Å². The maximum absolute atomic E-state index is 6.47. The molecule has 6 nitrogen and oxygen atoms in total. The van der Waals surface area contributed by atoms with Crippen molar-refractivity contribution in [2.75, 3.05) is 44.8 Å². The van der Waals surface area contributed by atoms with E-state index < -0.39 is 0 Å². The lowest BCUT2D eigenvalue weighted by atomic mass is 9.94. The molecular formula is C30H48N4O2. The number of aryl methyl sites for hydroxylation is 3. The van der Waals surface area contributed by atoms with E-state index in [9.17, 15) is 0 Å². The van der Waals surface area contributed by atoms with Crippen LogP contribution in [0.2, 0.25) is 0 Å². The molecule has 0 N–H and O–H groups in total. The monoisotopic (exact) mass is 496 g/mol. The summed E-state index contributed by atoms with van der Waals surface area (Å²) in [6.07, 6.45) is 8.85. The predicted molar refractivity (Wildman–Crippen MR) is 151 cm³/mol. The van der Waals surface area contributed by atoms with Gasteiger partial charge in [0, 0.05) is 25.7 Å². The molecule has 1 aliphatic carbocycles. The first kappa shape index (κ1) is 28.2. The molecule has 0 bridgehead atoms. The Morgan fingerprint density at radius 3 is 2.22 bits per heavy atom. The van der Waals surface area contributed by atoms with Crippen molar-refractivity contribution in [3.8, 4) is 23.0 Å². The first-order chi connectivity index (χ1) is 17.4. The highest BCUT2D eigenvalue weighted by molar-refractivity contribution is 5.72. The van der Waals surface area contributed by atoms with E-state index in [-0.39, 0.29) is 0 Å². The second kappa shape index (κ2) is 13.8. The van der Waals surface area contributed by atoms with Crippen LogP contribution in [-0.4, -0.2) is 60.8 Å². The van der Waals surface area contributed by atoms with Crippen LogP contribution >= 0.6 is 0 Å². The van der Waals surface area contributed by atoms with Crippen molar-refractivity contribution in [1.82, 2.24) is 14.9 Å². The van der Waals surface area contributed by atoms with Gasteiger partial charge in [-0.15, -0.1) is 0 Å². The van der Waals surface area contributed by atoms with Gasteiger partial charge in [0.2, 0.25) is 5.88 Å². The lowest BCUT2D eigenvalue weighted by Crippen LogP contribution is -2.39. The molecule has 1 heterocycles. The van der Waals surface area contributed by atoms with E-state index in [1.54, 1.807) is 7.11 Å². The fraction of sp³-hybridized carbons (Fsp3) is 0.667. The van der Waals surface area contributed by atoms with Crippen LogP contribution < -0.4 is 14.4 Å². The zero-order valence-electron chi connectivity index (χ0n) is 23.8. The zero-order valence-corrected chi connectivity index (χ0v) is 23.8. The number of ether oxygens (including phenoxy) is 2. The molecule has 1 fully saturated rings. The first-order valence-electron chi connectivity index (χ1n) is 14.1. The van der Waals surface area contributed by atoms with Crippen molar-refractivity contribution < 1.29 is 9.47 Å². The zero-order chi connectivity index (χ0) is 26.1. The number of likely N-dealkylation sites (N-methyl/N-ethyl adjacent to an activating group) is 1. The summed E-state index contributed by atoms with van der Waals surface area (Å²) < 4.78 is 12.3. The molecule has 200 valence electrons. The van der Waals surface area contributed by atoms with Gasteiger partial charge in [0.25, 0.3) is 0 Å². The summed E-state index contributed by atoms with van der Waals surface area (Å²) in [4.78, 5) is 14.9. The molecule has 1 saturated carbocycles. The van der Waals surface area contributed by atoms with Crippen LogP contribution in [0, 0.1) is 20.8 Å². The molecule has 0 aliphatic heterocycles. The van der Waals surface area contributed by atoms with Crippen molar-refractivity contribution in [2.45, 2.75) is 92.5 Å². The Kier molecular flexibility index (Phi) is 10.8. The Labute approximate surface area is 219 Å². The normalized spacial score (nSPS) is 14.3. The molecule has 36 heavy (non-hydrogen) atoms. The van der Waals surface area contributed by atoms with Crippen LogP contribution in [0.15, 0.2) is 12.1 Å². The fourth-order valence-electron chi connectivity index (χ4n) is 5.68. The maximum atomic E-state index is 6.47. The van der Waals surface area contributed by atoms with Gasteiger partial charge in [-0.1, -0.05) is 46.1 Å². The number of hydrogen-bond acceptors (Lipinski definition) is 6. The van der Waals surface area contributed by atoms with Crippen LogP contribution in [0.5, 0.6) is 11.6 Å². The molecule has 1 aromatic carbocycles. The summed E-state index contributed by atoms with van der Waals surface area (Å²) in [6, 6.07) is 5.00. The fourth-order valence-corrected chi connectivity index (χ4v) is 5.68. The van der Waals surface area contributed by atoms with Gasteiger partial charge in [-0.3, -0.25) is 4.90 Å². The van der Waals surface area contributed by atoms with Crippen molar-refractivity contribution in [3.05, 3.63) is 29.0 Å². The van der Waals surface area contributed by atoms with E-state index in [2.05, 4.69) is 63.5 Å². The lowest BCUT2D eigenvalue weighted by Gasteiger charge is -2.33. The highest BCUT2D eigenvalue weighted by atomic mass is 16.5. The van der Waals surface area contributed by atoms with Crippen LogP contribution in [0.3, 0.4) is 0 Å². The largest absolute Gasteiger partial charge is 0.491 e. The van der Waals surface area contributed by atoms with Gasteiger partial charge < -0.3 is 14.4 Å². The van der Waals surface area contributed by atoms with Crippen LogP contribution in [-0.2, 0) is 0 Å². The number of methoxy groups -OCH3 is 1. The molecular weight excluding hydrogens is 448 g/mol. The molecule has 0 spiro atoms. The van der Waals surface area contributed by atoms with E-state index in [0.717, 1.165) is 67.3 Å². The predicted octanol–water partition coefficient (Wildman–Crippen LogP) is 6.74. The van der Waals surface area contributed by atoms with Crippen LogP contribution in [0.25, 0.3) is 11.4 Å². The first-order valence-corrected chi connectivity index (χ1v) is 14.1. The summed E-state index contributed by atoms with van der Waals surface area (Å²) in [5.74, 6) is 2.17. The summed E-state index contributed by atoms with van der Waals surface area (Å²) >= 11 is 0. The molecule has 0 unspecified atom stereocenters. The molecule has 0 amide bonds. The smallest absolute Gasteiger partial charge is 0.241 e. The lowest BCUT2D eigenvalue weighted by molar-refractivity contribution is 0.137. The molecule has 0 radical (unpaired) electrons. The maximum Gasteiger partial charge on any atom is 0.241 e. The number of aromatic nitrogens is 2. The van der Waals surface area contributed by atoms with Gasteiger partial charge in [0.1, 0.15) is 18.0 Å². The summed E-state index contributed by atoms with van der Waals surface area (Å²) in [5.41, 5.74) is 5.22. The minimum atomic E-state index is 0.639. The van der Waals surface area contributed by atoms with Gasteiger partial charge >= 0.3 is 0 Å². The van der Waals surface area contributed by atoms with Gasteiger partial charge in [0.15, 0.2) is 5.82 Å². The Bertz CT molecular complexity index is 966. The average molecular weight is 497 g/mol. The van der Waals surface area contributed by atoms with Gasteiger partial charge in [-0.05, 0) is 70.2 Å². The van der Waals surface area contributed by atoms with E-state index >= 15 is 0 Å². The highest BCUT2D eigenvalue weighted by Gasteiger charge is 2.23. The summed E-state index contributed by atoms with van der Waals surface area (Å²) in [7, 11) is 1.70. The molecule has 1 aliphatic rings. The van der Waals surface area contributed by atoms with E-state index in [0.29, 0.717) is 24.4 Å². The third-order valence-corrected chi connectivity index (χ3v) is 7.32. The molecule has 2 aromatic rings. The minimum absolute atomic E-state index is 0.639. The Morgan fingerprint density at radius 2 is 1.61 bits per heavy atom. The standard InChI is InChI=1S/C30H48N4O2/c1-8-16-34(17-9-2)28-24(6)31-29(32-30(28)35-7)27-23(5)20-22(4)21-26(27)36-19-18-33(10-3)25-14-12-11-13-15-25/h20-21,25H,8-19H2,1-7H3. The van der Waals surface area contributed by atoms with Gasteiger partial charge in [0.05, 0.1) is 18.4 Å². The number of anilines is 1. The summed E-state index contributed by atoms with van der Waals surface area (Å²) in [5, 5.41) is 0. The highest BCUT2D eigenvalue weighted by Crippen LogP contribution is 2.37. The number of benzene rings is 1. The van der Waals surface area contributed by atoms with Crippen molar-refractivity contribution in [3.63, 3.8) is 0 Å². The number of nitrogens with zero attached hydrogens (tertiary/aromatic N) is 4. The average Bonchev–Trinajstić information content (AvgIpc) is 2.86. The quantitative estimate of drug-likeness (QED) is 0.306. The van der Waals surface area contributed by atoms with Crippen LogP contribution in [0.4, 0.5) is 5.69 Å². The second-order valence-corrected chi connectivity index (χ2v) is 10.2.